The Hall–Kier alpha value is -4.62. The van der Waals surface area contributed by atoms with Gasteiger partial charge >= 0.3 is 6.03 Å². The Morgan fingerprint density at radius 2 is 1.73 bits per heavy atom. The fraction of sp³-hybridized carbons (Fsp3) is 0.312. The van der Waals surface area contributed by atoms with Gasteiger partial charge in [0.05, 0.1) is 23.3 Å². The van der Waals surface area contributed by atoms with Crippen molar-refractivity contribution in [2.45, 2.75) is 45.1 Å². The summed E-state index contributed by atoms with van der Waals surface area (Å²) in [5, 5.41) is 6.57. The second-order valence-corrected chi connectivity index (χ2v) is 12.2. The molecular formula is C32H33F2N7O3S. The Bertz CT molecular complexity index is 1720. The maximum absolute atomic E-state index is 14.1. The number of aromatic nitrogens is 1. The van der Waals surface area contributed by atoms with Crippen molar-refractivity contribution in [3.05, 3.63) is 95.1 Å². The van der Waals surface area contributed by atoms with Gasteiger partial charge in [-0.2, -0.15) is 5.01 Å². The molecule has 4 amide bonds. The molecule has 45 heavy (non-hydrogen) atoms. The first-order valence-corrected chi connectivity index (χ1v) is 15.6. The molecule has 0 spiro atoms. The molecule has 2 aliphatic heterocycles. The van der Waals surface area contributed by atoms with Crippen molar-refractivity contribution in [3.63, 3.8) is 0 Å². The van der Waals surface area contributed by atoms with Crippen molar-refractivity contribution in [2.24, 2.45) is 0 Å². The summed E-state index contributed by atoms with van der Waals surface area (Å²) in [5.41, 5.74) is 8.96. The van der Waals surface area contributed by atoms with Gasteiger partial charge in [-0.1, -0.05) is 54.7 Å². The zero-order valence-corrected chi connectivity index (χ0v) is 25.5. The molecule has 2 saturated heterocycles. The molecule has 3 N–H and O–H groups in total. The van der Waals surface area contributed by atoms with Gasteiger partial charge in [0, 0.05) is 26.1 Å². The molecule has 2 atom stereocenters. The third-order valence-corrected chi connectivity index (χ3v) is 8.98. The second kappa shape index (κ2) is 12.8. The number of benzene rings is 3. The molecule has 4 aromatic rings. The van der Waals surface area contributed by atoms with E-state index in [0.29, 0.717) is 23.7 Å². The van der Waals surface area contributed by atoms with Gasteiger partial charge in [0.25, 0.3) is 0 Å². The highest BCUT2D eigenvalue weighted by molar-refractivity contribution is 7.22. The molecule has 3 heterocycles. The van der Waals surface area contributed by atoms with Crippen LogP contribution >= 0.6 is 11.3 Å². The van der Waals surface area contributed by atoms with E-state index in [1.807, 2.05) is 25.1 Å². The van der Waals surface area contributed by atoms with Gasteiger partial charge in [-0.05, 0) is 53.4 Å². The van der Waals surface area contributed by atoms with Crippen LogP contribution in [-0.2, 0) is 29.1 Å². The van der Waals surface area contributed by atoms with Gasteiger partial charge in [0.1, 0.15) is 23.8 Å². The highest BCUT2D eigenvalue weighted by atomic mass is 32.1. The Kier molecular flexibility index (Phi) is 8.63. The number of fused-ring (bicyclic) bond motifs is 2. The summed E-state index contributed by atoms with van der Waals surface area (Å²) in [6, 6.07) is 16.2. The molecule has 2 fully saturated rings. The average molecular weight is 634 g/mol. The topological polar surface area (TPSA) is 115 Å². The molecule has 3 aromatic carbocycles. The number of nitrogens with one attached hydrogen (secondary N) is 1. The number of halogens is 2. The van der Waals surface area contributed by atoms with Crippen molar-refractivity contribution in [3.8, 4) is 0 Å². The van der Waals surface area contributed by atoms with E-state index in [-0.39, 0.29) is 50.2 Å². The lowest BCUT2D eigenvalue weighted by atomic mass is 10.00. The van der Waals surface area contributed by atoms with E-state index in [0.717, 1.165) is 21.3 Å². The number of nitrogens with two attached hydrogens (primary N) is 1. The molecule has 6 rings (SSSR count). The first-order chi connectivity index (χ1) is 21.7. The monoisotopic (exact) mass is 633 g/mol. The fourth-order valence-corrected chi connectivity index (χ4v) is 6.80. The van der Waals surface area contributed by atoms with E-state index in [9.17, 15) is 23.2 Å². The number of amides is 4. The number of anilines is 1. The number of thiazole rings is 1. The SMILES string of the molecule is CCCN(C(=O)NCc1ccc(F)cc1)N1CC(=O)N2[C@@H](Cc3ccc(F)cc3)C(=O)N(Cc3cccc4sc(N)nc34)C[C@@H]21. The number of hydrogen-bond acceptors (Lipinski definition) is 7. The third-order valence-electron chi connectivity index (χ3n) is 8.13. The van der Waals surface area contributed by atoms with Crippen LogP contribution in [0.25, 0.3) is 10.2 Å². The number of hydrogen-bond donors (Lipinski definition) is 2. The molecule has 234 valence electrons. The fourth-order valence-electron chi connectivity index (χ4n) is 6.02. The quantitative estimate of drug-likeness (QED) is 0.287. The normalized spacial score (nSPS) is 18.5. The van der Waals surface area contributed by atoms with Gasteiger partial charge in [0.2, 0.25) is 11.8 Å². The van der Waals surface area contributed by atoms with Crippen LogP contribution in [0, 0.1) is 11.6 Å². The standard InChI is InChI=1S/C32H33F2N7O3S/c1-2-14-39(32(44)36-16-21-8-12-24(34)13-9-21)40-19-28(42)41-25(15-20-6-10-23(33)11-7-20)30(43)38(18-27(40)41)17-22-4-3-5-26-29(22)37-31(35)45-26/h3-13,25,27H,2,14-19H2,1H3,(H2,35,37)(H,36,44)/t25-,27+/m0/s1. The number of para-hydroxylation sites is 1. The first kappa shape index (κ1) is 30.4. The molecule has 13 heteroatoms. The molecule has 1 aromatic heterocycles. The Balaban J connectivity index is 1.30. The maximum atomic E-state index is 14.1. The second-order valence-electron chi connectivity index (χ2n) is 11.2. The van der Waals surface area contributed by atoms with Crippen LogP contribution in [-0.4, -0.2) is 74.5 Å². The molecule has 2 aliphatic rings. The number of piperazine rings is 1. The van der Waals surface area contributed by atoms with Crippen LogP contribution in [0.2, 0.25) is 0 Å². The predicted molar refractivity (Wildman–Crippen MR) is 166 cm³/mol. The van der Waals surface area contributed by atoms with Crippen molar-refractivity contribution in [1.82, 2.24) is 30.1 Å². The van der Waals surface area contributed by atoms with E-state index < -0.39 is 24.1 Å². The smallest absolute Gasteiger partial charge is 0.332 e. The van der Waals surface area contributed by atoms with Crippen LogP contribution in [0.5, 0.6) is 0 Å². The van der Waals surface area contributed by atoms with Crippen molar-refractivity contribution in [2.75, 3.05) is 25.4 Å². The van der Waals surface area contributed by atoms with Gasteiger partial charge in [-0.3, -0.25) is 14.6 Å². The van der Waals surface area contributed by atoms with Gasteiger partial charge in [0.15, 0.2) is 5.13 Å². The highest BCUT2D eigenvalue weighted by Crippen LogP contribution is 2.32. The minimum absolute atomic E-state index is 0.0894. The van der Waals surface area contributed by atoms with E-state index >= 15 is 0 Å². The Labute approximate surface area is 263 Å². The Morgan fingerprint density at radius 3 is 2.42 bits per heavy atom. The summed E-state index contributed by atoms with van der Waals surface area (Å²) in [4.78, 5) is 49.1. The van der Waals surface area contributed by atoms with Crippen LogP contribution in [0.3, 0.4) is 0 Å². The average Bonchev–Trinajstić information content (AvgIpc) is 3.57. The minimum Gasteiger partial charge on any atom is -0.375 e. The number of nitrogen functional groups attached to an aromatic ring is 1. The lowest BCUT2D eigenvalue weighted by molar-refractivity contribution is -0.157. The largest absolute Gasteiger partial charge is 0.375 e. The zero-order valence-electron chi connectivity index (χ0n) is 24.7. The molecule has 0 radical (unpaired) electrons. The van der Waals surface area contributed by atoms with E-state index in [4.69, 9.17) is 5.73 Å². The van der Waals surface area contributed by atoms with Crippen LogP contribution in [0.1, 0.15) is 30.0 Å². The summed E-state index contributed by atoms with van der Waals surface area (Å²) in [6.07, 6.45) is 0.184. The lowest BCUT2D eigenvalue weighted by Crippen LogP contribution is -2.66. The Morgan fingerprint density at radius 1 is 1.04 bits per heavy atom. The number of carbonyl (C=O) groups excluding carboxylic acids is 3. The summed E-state index contributed by atoms with van der Waals surface area (Å²) in [6.45, 7) is 2.75. The molecular weight excluding hydrogens is 600 g/mol. The summed E-state index contributed by atoms with van der Waals surface area (Å²) < 4.78 is 28.0. The summed E-state index contributed by atoms with van der Waals surface area (Å²) in [7, 11) is 0. The zero-order chi connectivity index (χ0) is 31.7. The van der Waals surface area contributed by atoms with Gasteiger partial charge in [-0.15, -0.1) is 0 Å². The molecule has 0 aliphatic carbocycles. The number of nitrogens with zero attached hydrogens (tertiary/aromatic N) is 5. The van der Waals surface area contributed by atoms with Crippen molar-refractivity contribution in [1.29, 1.82) is 0 Å². The van der Waals surface area contributed by atoms with E-state index in [1.54, 1.807) is 39.1 Å². The molecule has 10 nitrogen and oxygen atoms in total. The van der Waals surface area contributed by atoms with Crippen molar-refractivity contribution >= 4 is 44.5 Å². The number of hydrazine groups is 1. The predicted octanol–water partition coefficient (Wildman–Crippen LogP) is 4.12. The minimum atomic E-state index is -0.864. The first-order valence-electron chi connectivity index (χ1n) is 14.8. The molecule has 0 bridgehead atoms. The van der Waals surface area contributed by atoms with Crippen molar-refractivity contribution < 1.29 is 23.2 Å². The van der Waals surface area contributed by atoms with E-state index in [1.165, 1.54) is 40.6 Å². The summed E-state index contributed by atoms with van der Waals surface area (Å²) >= 11 is 1.37. The number of urea groups is 1. The van der Waals surface area contributed by atoms with Gasteiger partial charge in [-0.25, -0.2) is 18.6 Å². The highest BCUT2D eigenvalue weighted by Gasteiger charge is 2.52. The molecule has 0 unspecified atom stereocenters. The number of carbonyl (C=O) groups is 3. The number of rotatable bonds is 9. The van der Waals surface area contributed by atoms with Crippen LogP contribution in [0.15, 0.2) is 66.7 Å². The van der Waals surface area contributed by atoms with Gasteiger partial charge < -0.3 is 20.9 Å². The maximum Gasteiger partial charge on any atom is 0.332 e. The summed E-state index contributed by atoms with van der Waals surface area (Å²) in [5.74, 6) is -1.28. The molecule has 0 saturated carbocycles. The lowest BCUT2D eigenvalue weighted by Gasteiger charge is -2.46. The van der Waals surface area contributed by atoms with Crippen LogP contribution in [0.4, 0.5) is 18.7 Å². The van der Waals surface area contributed by atoms with E-state index in [2.05, 4.69) is 10.3 Å². The van der Waals surface area contributed by atoms with Crippen LogP contribution < -0.4 is 11.1 Å². The third kappa shape index (κ3) is 6.31.